The lowest BCUT2D eigenvalue weighted by molar-refractivity contribution is 1.12. The first kappa shape index (κ1) is 16.8. The van der Waals surface area contributed by atoms with Gasteiger partial charge in [0.2, 0.25) is 0 Å². The zero-order chi connectivity index (χ0) is 17.1. The van der Waals surface area contributed by atoms with E-state index in [9.17, 15) is 0 Å². The summed E-state index contributed by atoms with van der Waals surface area (Å²) in [7, 11) is 0. The fraction of sp³-hybridized carbons (Fsp3) is 0.100. The third-order valence-electron chi connectivity index (χ3n) is 3.91. The second kappa shape index (κ2) is 7.24. The highest BCUT2D eigenvalue weighted by Gasteiger charge is 2.13. The van der Waals surface area contributed by atoms with Crippen LogP contribution in [0.15, 0.2) is 80.2 Å². The highest BCUT2D eigenvalue weighted by molar-refractivity contribution is 8.02. The monoisotopic (exact) mass is 352 g/mol. The average molecular weight is 353 g/mol. The largest absolute Gasteiger partial charge is 0.398 e. The van der Waals surface area contributed by atoms with Gasteiger partial charge >= 0.3 is 0 Å². The Balaban J connectivity index is 2.03. The van der Waals surface area contributed by atoms with Gasteiger partial charge in [-0.1, -0.05) is 53.9 Å². The lowest BCUT2D eigenvalue weighted by Crippen LogP contribution is -1.93. The van der Waals surface area contributed by atoms with E-state index in [1.165, 1.54) is 20.9 Å². The lowest BCUT2D eigenvalue weighted by Gasteiger charge is -2.15. The highest BCUT2D eigenvalue weighted by atomic mass is 32.2. The topological polar surface area (TPSA) is 52.0 Å². The van der Waals surface area contributed by atoms with Gasteiger partial charge in [-0.3, -0.25) is 0 Å². The molecule has 0 bridgehead atoms. The molecule has 0 fully saturated rings. The third kappa shape index (κ3) is 3.55. The van der Waals surface area contributed by atoms with Crippen LogP contribution in [0.5, 0.6) is 0 Å². The second-order valence-corrected chi connectivity index (χ2v) is 7.75. The molecular weight excluding hydrogens is 332 g/mol. The van der Waals surface area contributed by atoms with Gasteiger partial charge in [0, 0.05) is 31.0 Å². The fourth-order valence-corrected chi connectivity index (χ4v) is 4.58. The van der Waals surface area contributed by atoms with Crippen LogP contribution in [0.4, 0.5) is 11.4 Å². The first-order valence-electron chi connectivity index (χ1n) is 7.71. The molecular formula is C20H20N2S2. The second-order valence-electron chi connectivity index (χ2n) is 5.61. The Kier molecular flexibility index (Phi) is 5.07. The quantitative estimate of drug-likeness (QED) is 0.585. The first-order valence-corrected chi connectivity index (χ1v) is 9.34. The van der Waals surface area contributed by atoms with E-state index in [2.05, 4.69) is 38.1 Å². The lowest BCUT2D eigenvalue weighted by atomic mass is 10.1. The number of rotatable bonds is 4. The summed E-state index contributed by atoms with van der Waals surface area (Å²) in [6.07, 6.45) is 0. The standard InChI is InChI=1S/C20H20N2S2/c1-13-11-12-19(23-17-9-5-3-7-15(17)21)20(14(13)2)24-18-10-6-4-8-16(18)22/h3-12H,21-22H2,1-2H3. The molecule has 3 rings (SSSR count). The molecule has 0 radical (unpaired) electrons. The Morgan fingerprint density at radius 1 is 0.625 bits per heavy atom. The molecule has 122 valence electrons. The van der Waals surface area contributed by atoms with Crippen LogP contribution in [-0.2, 0) is 0 Å². The average Bonchev–Trinajstić information content (AvgIpc) is 2.58. The van der Waals surface area contributed by atoms with Crippen LogP contribution in [0.3, 0.4) is 0 Å². The van der Waals surface area contributed by atoms with Gasteiger partial charge in [0.05, 0.1) is 0 Å². The minimum Gasteiger partial charge on any atom is -0.398 e. The van der Waals surface area contributed by atoms with Crippen LogP contribution in [0.1, 0.15) is 11.1 Å². The van der Waals surface area contributed by atoms with Gasteiger partial charge in [0.1, 0.15) is 0 Å². The van der Waals surface area contributed by atoms with Crippen molar-refractivity contribution in [3.05, 3.63) is 71.8 Å². The Hall–Kier alpha value is -2.04. The van der Waals surface area contributed by atoms with Crippen molar-refractivity contribution in [2.45, 2.75) is 33.4 Å². The summed E-state index contributed by atoms with van der Waals surface area (Å²) < 4.78 is 0. The van der Waals surface area contributed by atoms with E-state index in [4.69, 9.17) is 11.5 Å². The number of nitrogen functional groups attached to an aromatic ring is 2. The molecule has 0 amide bonds. The van der Waals surface area contributed by atoms with Gasteiger partial charge in [0.15, 0.2) is 0 Å². The van der Waals surface area contributed by atoms with Crippen molar-refractivity contribution in [2.24, 2.45) is 0 Å². The van der Waals surface area contributed by atoms with Crippen molar-refractivity contribution in [3.63, 3.8) is 0 Å². The maximum Gasteiger partial charge on any atom is 0.0455 e. The molecule has 4 heteroatoms. The molecule has 0 saturated carbocycles. The minimum absolute atomic E-state index is 0.802. The molecule has 0 unspecified atom stereocenters. The van der Waals surface area contributed by atoms with Gasteiger partial charge < -0.3 is 11.5 Å². The Morgan fingerprint density at radius 3 is 1.75 bits per heavy atom. The van der Waals surface area contributed by atoms with Crippen molar-refractivity contribution in [1.82, 2.24) is 0 Å². The molecule has 3 aromatic carbocycles. The maximum atomic E-state index is 6.14. The normalized spacial score (nSPS) is 10.8. The van der Waals surface area contributed by atoms with Gasteiger partial charge in [0.25, 0.3) is 0 Å². The fourth-order valence-electron chi connectivity index (χ4n) is 2.35. The summed E-state index contributed by atoms with van der Waals surface area (Å²) in [5, 5.41) is 0. The van der Waals surface area contributed by atoms with Crippen molar-refractivity contribution in [2.75, 3.05) is 11.5 Å². The number of anilines is 2. The van der Waals surface area contributed by atoms with E-state index in [1.807, 2.05) is 36.4 Å². The van der Waals surface area contributed by atoms with Crippen LogP contribution in [0, 0.1) is 13.8 Å². The SMILES string of the molecule is Cc1ccc(Sc2ccccc2N)c(Sc2ccccc2N)c1C. The van der Waals surface area contributed by atoms with Crippen LogP contribution >= 0.6 is 23.5 Å². The molecule has 4 N–H and O–H groups in total. The molecule has 0 aliphatic carbocycles. The third-order valence-corrected chi connectivity index (χ3v) is 6.51. The summed E-state index contributed by atoms with van der Waals surface area (Å²) in [6.45, 7) is 4.30. The van der Waals surface area contributed by atoms with E-state index in [-0.39, 0.29) is 0 Å². The summed E-state index contributed by atoms with van der Waals surface area (Å²) >= 11 is 3.42. The number of nitrogens with two attached hydrogens (primary N) is 2. The van der Waals surface area contributed by atoms with Gasteiger partial charge in [-0.25, -0.2) is 0 Å². The molecule has 0 saturated heterocycles. The first-order chi connectivity index (χ1) is 11.6. The number of benzene rings is 3. The van der Waals surface area contributed by atoms with E-state index in [1.54, 1.807) is 23.5 Å². The molecule has 24 heavy (non-hydrogen) atoms. The van der Waals surface area contributed by atoms with E-state index in [0.29, 0.717) is 0 Å². The highest BCUT2D eigenvalue weighted by Crippen LogP contribution is 2.44. The van der Waals surface area contributed by atoms with Crippen LogP contribution in [0.25, 0.3) is 0 Å². The Morgan fingerprint density at radius 2 is 1.17 bits per heavy atom. The summed E-state index contributed by atoms with van der Waals surface area (Å²) in [5.74, 6) is 0. The molecule has 0 aromatic heterocycles. The predicted molar refractivity (Wildman–Crippen MR) is 106 cm³/mol. The van der Waals surface area contributed by atoms with Crippen molar-refractivity contribution < 1.29 is 0 Å². The number of aryl methyl sites for hydroxylation is 1. The smallest absolute Gasteiger partial charge is 0.0455 e. The van der Waals surface area contributed by atoms with E-state index in [0.717, 1.165) is 21.2 Å². The van der Waals surface area contributed by atoms with Crippen LogP contribution in [-0.4, -0.2) is 0 Å². The molecule has 3 aromatic rings. The zero-order valence-corrected chi connectivity index (χ0v) is 15.4. The Bertz CT molecular complexity index is 875. The molecule has 0 aliphatic rings. The molecule has 0 spiro atoms. The van der Waals surface area contributed by atoms with Crippen LogP contribution in [0.2, 0.25) is 0 Å². The van der Waals surface area contributed by atoms with Crippen molar-refractivity contribution in [1.29, 1.82) is 0 Å². The van der Waals surface area contributed by atoms with E-state index >= 15 is 0 Å². The van der Waals surface area contributed by atoms with Gasteiger partial charge in [-0.2, -0.15) is 0 Å². The molecule has 0 heterocycles. The van der Waals surface area contributed by atoms with Crippen LogP contribution < -0.4 is 11.5 Å². The van der Waals surface area contributed by atoms with Gasteiger partial charge in [-0.05, 0) is 55.3 Å². The maximum absolute atomic E-state index is 6.14. The predicted octanol–water partition coefficient (Wildman–Crippen LogP) is 5.77. The summed E-state index contributed by atoms with van der Waals surface area (Å²) in [4.78, 5) is 4.59. The summed E-state index contributed by atoms with van der Waals surface area (Å²) in [6, 6.07) is 20.3. The zero-order valence-electron chi connectivity index (χ0n) is 13.7. The number of para-hydroxylation sites is 2. The number of hydrogen-bond acceptors (Lipinski definition) is 4. The minimum atomic E-state index is 0.802. The number of hydrogen-bond donors (Lipinski definition) is 2. The Labute approximate surface area is 151 Å². The molecule has 0 atom stereocenters. The van der Waals surface area contributed by atoms with Gasteiger partial charge in [-0.15, -0.1) is 0 Å². The van der Waals surface area contributed by atoms with E-state index < -0.39 is 0 Å². The molecule has 2 nitrogen and oxygen atoms in total. The van der Waals surface area contributed by atoms with Crippen molar-refractivity contribution >= 4 is 34.9 Å². The summed E-state index contributed by atoms with van der Waals surface area (Å²) in [5.41, 5.74) is 16.4. The molecule has 0 aliphatic heterocycles. The van der Waals surface area contributed by atoms with Crippen molar-refractivity contribution in [3.8, 4) is 0 Å².